The number of benzene rings is 1. The molecule has 2 fully saturated rings. The summed E-state index contributed by atoms with van der Waals surface area (Å²) in [4.78, 5) is 103. The van der Waals surface area contributed by atoms with Crippen LogP contribution in [0.5, 0.6) is 0 Å². The van der Waals surface area contributed by atoms with Gasteiger partial charge in [0.1, 0.15) is 29.9 Å². The first kappa shape index (κ1) is 41.5. The number of amides is 5. The highest BCUT2D eigenvalue weighted by Gasteiger charge is 2.52. The quantitative estimate of drug-likeness (QED) is 0.158. The summed E-state index contributed by atoms with van der Waals surface area (Å²) in [6.07, 6.45) is 6.90. The van der Waals surface area contributed by atoms with Crippen LogP contribution in [0.3, 0.4) is 0 Å². The first-order valence-electron chi connectivity index (χ1n) is 18.6. The van der Waals surface area contributed by atoms with Gasteiger partial charge in [0, 0.05) is 25.4 Å². The van der Waals surface area contributed by atoms with E-state index < -0.39 is 76.9 Å². The van der Waals surface area contributed by atoms with E-state index in [1.807, 2.05) is 0 Å². The highest BCUT2D eigenvalue weighted by molar-refractivity contribution is 6.38. The van der Waals surface area contributed by atoms with Gasteiger partial charge in [-0.15, -0.1) is 0 Å². The number of carbonyl (C=O) groups excluding carboxylic acids is 6. The van der Waals surface area contributed by atoms with Crippen molar-refractivity contribution >= 4 is 41.3 Å². The molecule has 1 aliphatic heterocycles. The highest BCUT2D eigenvalue weighted by atomic mass is 16.4. The van der Waals surface area contributed by atoms with Crippen LogP contribution in [0, 0.1) is 23.2 Å². The summed E-state index contributed by atoms with van der Waals surface area (Å²) in [7, 11) is 0. The first-order valence-corrected chi connectivity index (χ1v) is 18.6. The zero-order chi connectivity index (χ0) is 39.7. The molecule has 1 aromatic heterocycles. The normalized spacial score (nSPS) is 20.2. The third-order valence-corrected chi connectivity index (χ3v) is 10.2. The molecule has 2 aromatic rings. The van der Waals surface area contributed by atoms with E-state index in [9.17, 15) is 38.7 Å². The maximum Gasteiger partial charge on any atom is 0.326 e. The summed E-state index contributed by atoms with van der Waals surface area (Å²) in [6, 6.07) is 2.98. The number of Topliss-reactive ketones (excluding diaryl/α,β-unsaturated/α-hetero) is 1. The van der Waals surface area contributed by atoms with Crippen LogP contribution in [0.2, 0.25) is 0 Å². The molecule has 5 amide bonds. The molecule has 1 saturated carbocycles. The van der Waals surface area contributed by atoms with Crippen molar-refractivity contribution in [1.82, 2.24) is 36.1 Å². The Labute approximate surface area is 315 Å². The molecule has 0 bridgehead atoms. The highest BCUT2D eigenvalue weighted by Crippen LogP contribution is 2.43. The first-order chi connectivity index (χ1) is 25.5. The average molecular weight is 748 g/mol. The standard InChI is InChI=1S/C39H53N7O8/c1-7-12-26(31(47)36(51)43-27(38(53)54)19-23-13-9-8-10-14-23)42-35(50)30-25-16-11-15-24(25)21-46(30)37(52)32(39(4,5)6)45-34(49)29(22(2)3)44-33(48)28-20-40-17-18-41-28/h8-10,13-14,17-18,20,22,24-27,29-30,32H,7,11-12,15-16,19,21H2,1-6H3,(H,42,50)(H,43,51)(H,44,48)(H,45,49)(H,53,54)/t24-,25-,26?,27-,29+,30?,32?/m0/s1. The molecule has 0 spiro atoms. The zero-order valence-corrected chi connectivity index (χ0v) is 31.8. The van der Waals surface area contributed by atoms with Gasteiger partial charge in [-0.25, -0.2) is 9.78 Å². The summed E-state index contributed by atoms with van der Waals surface area (Å²) >= 11 is 0. The lowest BCUT2D eigenvalue weighted by molar-refractivity contribution is -0.147. The van der Waals surface area contributed by atoms with Gasteiger partial charge in [0.05, 0.1) is 12.2 Å². The van der Waals surface area contributed by atoms with E-state index in [0.717, 1.165) is 12.8 Å². The predicted octanol–water partition coefficient (Wildman–Crippen LogP) is 2.06. The van der Waals surface area contributed by atoms with Gasteiger partial charge in [0.2, 0.25) is 23.5 Å². The van der Waals surface area contributed by atoms with E-state index in [1.165, 1.54) is 23.5 Å². The third-order valence-electron chi connectivity index (χ3n) is 10.2. The Kier molecular flexibility index (Phi) is 14.0. The van der Waals surface area contributed by atoms with Crippen LogP contribution in [0.1, 0.15) is 89.7 Å². The topological polar surface area (TPSA) is 217 Å². The monoisotopic (exact) mass is 747 g/mol. The fourth-order valence-electron chi connectivity index (χ4n) is 7.33. The van der Waals surface area contributed by atoms with Crippen LogP contribution in [0.25, 0.3) is 0 Å². The Morgan fingerprint density at radius 1 is 0.926 bits per heavy atom. The van der Waals surface area contributed by atoms with E-state index in [-0.39, 0.29) is 42.8 Å². The average Bonchev–Trinajstić information content (AvgIpc) is 3.73. The summed E-state index contributed by atoms with van der Waals surface area (Å²) < 4.78 is 0. The van der Waals surface area contributed by atoms with Gasteiger partial charge in [-0.3, -0.25) is 33.8 Å². The molecule has 0 radical (unpaired) electrons. The molecule has 5 N–H and O–H groups in total. The van der Waals surface area contributed by atoms with Crippen molar-refractivity contribution in [1.29, 1.82) is 0 Å². The maximum absolute atomic E-state index is 14.5. The SMILES string of the molecule is CCCC(NC(=O)C1[C@H]2CCC[C@H]2CN1C(=O)C(NC(=O)[C@H](NC(=O)c1cnccn1)C(C)C)C(C)(C)C)C(=O)C(=O)N[C@@H](Cc1ccccc1)C(=O)O. The van der Waals surface area contributed by atoms with Gasteiger partial charge in [-0.05, 0) is 48.0 Å². The molecule has 292 valence electrons. The number of carboxylic acid groups (broad SMARTS) is 1. The number of aliphatic carboxylic acids is 1. The smallest absolute Gasteiger partial charge is 0.326 e. The number of nitrogens with one attached hydrogen (secondary N) is 4. The van der Waals surface area contributed by atoms with Crippen LogP contribution in [0.15, 0.2) is 48.9 Å². The minimum absolute atomic E-state index is 0.0219. The summed E-state index contributed by atoms with van der Waals surface area (Å²) in [6.45, 7) is 11.0. The number of aromatic nitrogens is 2. The van der Waals surface area contributed by atoms with Crippen LogP contribution in [0.4, 0.5) is 0 Å². The van der Waals surface area contributed by atoms with Gasteiger partial charge in [0.15, 0.2) is 0 Å². The molecule has 15 nitrogen and oxygen atoms in total. The van der Waals surface area contributed by atoms with Crippen LogP contribution in [-0.4, -0.2) is 98.0 Å². The van der Waals surface area contributed by atoms with Crippen molar-refractivity contribution in [2.75, 3.05) is 6.54 Å². The molecule has 3 unspecified atom stereocenters. The maximum atomic E-state index is 14.5. The van der Waals surface area contributed by atoms with Gasteiger partial charge < -0.3 is 31.3 Å². The second kappa shape index (κ2) is 18.2. The molecular weight excluding hydrogens is 694 g/mol. The lowest BCUT2D eigenvalue weighted by Crippen LogP contribution is -2.62. The van der Waals surface area contributed by atoms with Gasteiger partial charge in [-0.2, -0.15) is 0 Å². The number of carboxylic acids is 1. The molecule has 7 atom stereocenters. The Balaban J connectivity index is 1.52. The lowest BCUT2D eigenvalue weighted by atomic mass is 9.85. The van der Waals surface area contributed by atoms with Crippen LogP contribution < -0.4 is 21.3 Å². The molecular formula is C39H53N7O8. The zero-order valence-electron chi connectivity index (χ0n) is 31.8. The number of carbonyl (C=O) groups is 7. The molecule has 4 rings (SSSR count). The number of ketones is 1. The summed E-state index contributed by atoms with van der Waals surface area (Å²) in [5.74, 6) is -6.20. The number of likely N-dealkylation sites (tertiary alicyclic amines) is 1. The van der Waals surface area contributed by atoms with Crippen molar-refractivity contribution in [2.24, 2.45) is 23.2 Å². The van der Waals surface area contributed by atoms with Gasteiger partial charge in [0.25, 0.3) is 11.8 Å². The van der Waals surface area contributed by atoms with Crippen molar-refractivity contribution in [3.05, 3.63) is 60.2 Å². The molecule has 2 heterocycles. The number of nitrogens with zero attached hydrogens (tertiary/aromatic N) is 3. The summed E-state index contributed by atoms with van der Waals surface area (Å²) in [5, 5.41) is 20.4. The van der Waals surface area contributed by atoms with Crippen molar-refractivity contribution < 1.29 is 38.7 Å². The molecule has 54 heavy (non-hydrogen) atoms. The number of rotatable bonds is 16. The van der Waals surface area contributed by atoms with E-state index >= 15 is 0 Å². The van der Waals surface area contributed by atoms with Crippen molar-refractivity contribution in [3.63, 3.8) is 0 Å². The molecule has 1 aromatic carbocycles. The lowest BCUT2D eigenvalue weighted by Gasteiger charge is -2.37. The van der Waals surface area contributed by atoms with Gasteiger partial charge >= 0.3 is 5.97 Å². The Bertz CT molecular complexity index is 1680. The van der Waals surface area contributed by atoms with E-state index in [1.54, 1.807) is 71.9 Å². The Morgan fingerprint density at radius 3 is 2.22 bits per heavy atom. The van der Waals surface area contributed by atoms with Crippen molar-refractivity contribution in [2.45, 2.75) is 110 Å². The largest absolute Gasteiger partial charge is 0.480 e. The van der Waals surface area contributed by atoms with E-state index in [4.69, 9.17) is 0 Å². The van der Waals surface area contributed by atoms with E-state index in [0.29, 0.717) is 18.4 Å². The molecule has 1 aliphatic carbocycles. The van der Waals surface area contributed by atoms with Gasteiger partial charge in [-0.1, -0.05) is 84.7 Å². The minimum atomic E-state index is -1.37. The predicted molar refractivity (Wildman–Crippen MR) is 197 cm³/mol. The molecule has 15 heteroatoms. The summed E-state index contributed by atoms with van der Waals surface area (Å²) in [5.41, 5.74) is -0.131. The Hall–Kier alpha value is -5.21. The molecule has 2 aliphatic rings. The minimum Gasteiger partial charge on any atom is -0.480 e. The number of hydrogen-bond donors (Lipinski definition) is 5. The second-order valence-corrected chi connectivity index (χ2v) is 15.7. The fourth-order valence-corrected chi connectivity index (χ4v) is 7.33. The number of fused-ring (bicyclic) bond motifs is 1. The third kappa shape index (κ3) is 10.3. The molecule has 1 saturated heterocycles. The number of hydrogen-bond acceptors (Lipinski definition) is 9. The van der Waals surface area contributed by atoms with Crippen LogP contribution >= 0.6 is 0 Å². The second-order valence-electron chi connectivity index (χ2n) is 15.7. The Morgan fingerprint density at radius 2 is 1.63 bits per heavy atom. The fraction of sp³-hybridized carbons (Fsp3) is 0.564. The van der Waals surface area contributed by atoms with Crippen molar-refractivity contribution in [3.8, 4) is 0 Å². The van der Waals surface area contributed by atoms with Crippen LogP contribution in [-0.2, 0) is 35.2 Å². The van der Waals surface area contributed by atoms with E-state index in [2.05, 4.69) is 31.2 Å².